The fourth-order valence-electron chi connectivity index (χ4n) is 9.94. The number of para-hydroxylation sites is 1. The highest BCUT2D eigenvalue weighted by atomic mass is 35.5. The highest BCUT2D eigenvalue weighted by molar-refractivity contribution is 6.42. The Hall–Kier alpha value is -8.01. The molecule has 8 rings (SSSR count). The maximum absolute atomic E-state index is 11.5. The molecule has 0 bridgehead atoms. The Balaban J connectivity index is -0.000000337. The fraction of sp³-hybridized carbons (Fsp3) is 0.530. The van der Waals surface area contributed by atoms with E-state index in [4.69, 9.17) is 79.4 Å². The molecule has 0 fully saturated rings. The molecule has 8 aromatic rings. The highest BCUT2D eigenvalue weighted by Crippen LogP contribution is 2.27. The molecule has 136 heavy (non-hydrogen) atoms. The van der Waals surface area contributed by atoms with E-state index in [1.807, 2.05) is 254 Å². The number of rotatable bonds is 22. The first-order valence-corrected chi connectivity index (χ1v) is 50.7. The average molecular weight is 2000 g/mol. The lowest BCUT2D eigenvalue weighted by Gasteiger charge is -2.22. The lowest BCUT2D eigenvalue weighted by molar-refractivity contribution is -0.155. The summed E-state index contributed by atoms with van der Waals surface area (Å²) < 4.78 is 5.11. The third-order valence-electron chi connectivity index (χ3n) is 17.9. The van der Waals surface area contributed by atoms with Gasteiger partial charge in [0.1, 0.15) is 5.60 Å². The van der Waals surface area contributed by atoms with Crippen LogP contribution in [-0.2, 0) is 65.7 Å². The summed E-state index contributed by atoms with van der Waals surface area (Å²) in [4.78, 5) is 76.2. The summed E-state index contributed by atoms with van der Waals surface area (Å²) >= 11 is 34.7. The summed E-state index contributed by atoms with van der Waals surface area (Å²) in [6, 6.07) is 67.4. The van der Waals surface area contributed by atoms with Gasteiger partial charge in [-0.1, -0.05) is 430 Å². The minimum atomic E-state index is -0.713. The molecule has 0 aromatic heterocycles. The Morgan fingerprint density at radius 3 is 1.01 bits per heavy atom. The number of hydrogen-bond donors (Lipinski definition) is 5. The molecule has 8 aromatic carbocycles. The van der Waals surface area contributed by atoms with E-state index in [2.05, 4.69) is 212 Å². The van der Waals surface area contributed by atoms with Gasteiger partial charge in [0.2, 0.25) is 23.6 Å². The van der Waals surface area contributed by atoms with E-state index >= 15 is 0 Å². The molecule has 5 N–H and O–H groups in total. The van der Waals surface area contributed by atoms with Gasteiger partial charge in [0.05, 0.1) is 20.1 Å². The fourth-order valence-corrected chi connectivity index (χ4v) is 10.9. The van der Waals surface area contributed by atoms with Crippen LogP contribution in [0.15, 0.2) is 206 Å². The zero-order valence-electron chi connectivity index (χ0n) is 90.8. The predicted molar refractivity (Wildman–Crippen MR) is 593 cm³/mol. The van der Waals surface area contributed by atoms with Crippen molar-refractivity contribution in [1.29, 1.82) is 0 Å². The van der Waals surface area contributed by atoms with E-state index < -0.39 is 5.97 Å². The van der Waals surface area contributed by atoms with Crippen molar-refractivity contribution in [3.8, 4) is 0 Å². The van der Waals surface area contributed by atoms with Crippen molar-refractivity contribution in [3.05, 3.63) is 275 Å². The maximum atomic E-state index is 11.5. The number of aliphatic carboxylic acids is 1. The molecule has 766 valence electrons. The van der Waals surface area contributed by atoms with Crippen molar-refractivity contribution in [2.45, 2.75) is 325 Å². The van der Waals surface area contributed by atoms with Crippen LogP contribution in [-0.4, -0.2) is 64.6 Å². The summed E-state index contributed by atoms with van der Waals surface area (Å²) in [6.07, 6.45) is 6.53. The zero-order chi connectivity index (χ0) is 106. The summed E-state index contributed by atoms with van der Waals surface area (Å²) in [5, 5.41) is 23.0. The molecular formula is C117H182Cl6N4O9. The number of nitrogens with one attached hydrogen (secondary N) is 4. The van der Waals surface area contributed by atoms with Gasteiger partial charge in [0.15, 0.2) is 5.78 Å². The van der Waals surface area contributed by atoms with E-state index in [0.717, 1.165) is 58.3 Å². The van der Waals surface area contributed by atoms with Gasteiger partial charge in [-0.2, -0.15) is 0 Å². The van der Waals surface area contributed by atoms with Crippen molar-refractivity contribution < 1.29 is 43.4 Å². The van der Waals surface area contributed by atoms with Crippen LogP contribution in [0.1, 0.15) is 325 Å². The van der Waals surface area contributed by atoms with Crippen molar-refractivity contribution >= 4 is 117 Å². The van der Waals surface area contributed by atoms with Crippen molar-refractivity contribution in [1.82, 2.24) is 16.0 Å². The molecule has 13 nitrogen and oxygen atoms in total. The quantitative estimate of drug-likeness (QED) is 0.0324. The number of carbonyl (C=O) groups is 7. The van der Waals surface area contributed by atoms with Crippen LogP contribution in [0.4, 0.5) is 5.69 Å². The van der Waals surface area contributed by atoms with E-state index in [-0.39, 0.29) is 88.4 Å². The minimum Gasteiger partial charge on any atom is -0.481 e. The van der Waals surface area contributed by atoms with Gasteiger partial charge in [-0.25, -0.2) is 0 Å². The summed E-state index contributed by atoms with van der Waals surface area (Å²) in [5.41, 5.74) is 9.47. The number of esters is 1. The number of halogens is 6. The average Bonchev–Trinajstić information content (AvgIpc) is 0.849. The molecular weight excluding hydrogens is 1820 g/mol. The monoisotopic (exact) mass is 2000 g/mol. The number of ether oxygens (including phenoxy) is 1. The largest absolute Gasteiger partial charge is 0.481 e. The van der Waals surface area contributed by atoms with Crippen LogP contribution >= 0.6 is 69.6 Å². The predicted octanol–water partition coefficient (Wildman–Crippen LogP) is 34.6. The SMILES string of the molecule is CC(C)C(=O)NC(C)(C)C.CC(C)C(=O)NCc1ccccc1.CC(C)C(=O)Nc1ccccc1.CC(C)C(=O)c1ccc(Cl)c(Cl)c1.CC(C)C(C)(C)C.CC(C)CC(=O)O.CC(C)CC(=O)OC(C)(C)C.CC(C)Cc1ccc(Cl)c(Cl)c1.CC(C)Cc1ccc(Cl)cc1.CC(C)Cc1cccc(Cl)c1.CC(C)Cc1ccccc1.CC(C)c1ccccc1.CCC.CNC(=O)C(C)C. The van der Waals surface area contributed by atoms with Crippen molar-refractivity contribution in [3.63, 3.8) is 0 Å². The Morgan fingerprint density at radius 1 is 0.353 bits per heavy atom. The molecule has 4 amide bonds. The maximum Gasteiger partial charge on any atom is 0.306 e. The smallest absolute Gasteiger partial charge is 0.306 e. The number of carbonyl (C=O) groups excluding carboxylic acids is 6. The first-order chi connectivity index (χ1) is 62.8. The Labute approximate surface area is 858 Å². The van der Waals surface area contributed by atoms with E-state index in [0.29, 0.717) is 67.7 Å². The van der Waals surface area contributed by atoms with Gasteiger partial charge in [-0.15, -0.1) is 0 Å². The number of carboxylic acids is 1. The molecule has 0 heterocycles. The van der Waals surface area contributed by atoms with Gasteiger partial charge in [-0.3, -0.25) is 33.6 Å². The highest BCUT2D eigenvalue weighted by Gasteiger charge is 2.19. The lowest BCUT2D eigenvalue weighted by atomic mass is 9.84. The number of benzene rings is 8. The van der Waals surface area contributed by atoms with Gasteiger partial charge in [0, 0.05) is 82.9 Å². The second kappa shape index (κ2) is 79.7. The summed E-state index contributed by atoms with van der Waals surface area (Å²) in [5.74, 6) is 4.87. The second-order valence-corrected chi connectivity index (χ2v) is 43.5. The van der Waals surface area contributed by atoms with Crippen LogP contribution in [0.2, 0.25) is 30.1 Å². The van der Waals surface area contributed by atoms with E-state index in [1.54, 1.807) is 25.2 Å². The molecule has 0 spiro atoms. The molecule has 0 radical (unpaired) electrons. The lowest BCUT2D eigenvalue weighted by Crippen LogP contribution is -2.42. The third kappa shape index (κ3) is 88.7. The molecule has 0 atom stereocenters. The van der Waals surface area contributed by atoms with Crippen LogP contribution < -0.4 is 21.3 Å². The third-order valence-corrected chi connectivity index (χ3v) is 19.9. The first-order valence-electron chi connectivity index (χ1n) is 48.4. The van der Waals surface area contributed by atoms with Gasteiger partial charge in [-0.05, 0) is 220 Å². The zero-order valence-corrected chi connectivity index (χ0v) is 95.3. The molecule has 0 aliphatic rings. The molecule has 0 saturated heterocycles. The molecule has 0 saturated carbocycles. The van der Waals surface area contributed by atoms with Crippen molar-refractivity contribution in [2.24, 2.45) is 76.4 Å². The number of amides is 4. The van der Waals surface area contributed by atoms with Crippen LogP contribution in [0.3, 0.4) is 0 Å². The topological polar surface area (TPSA) is 197 Å². The normalized spacial score (nSPS) is 10.5. The summed E-state index contributed by atoms with van der Waals surface area (Å²) in [7, 11) is 1.64. The second-order valence-electron chi connectivity index (χ2n) is 41.0. The minimum absolute atomic E-state index is 0.0164. The number of carboxylic acid groups (broad SMARTS) is 1. The van der Waals surface area contributed by atoms with Gasteiger partial charge < -0.3 is 31.1 Å². The van der Waals surface area contributed by atoms with Crippen LogP contribution in [0.25, 0.3) is 0 Å². The van der Waals surface area contributed by atoms with E-state index in [9.17, 15) is 33.6 Å². The summed E-state index contributed by atoms with van der Waals surface area (Å²) in [6.45, 7) is 76.4. The van der Waals surface area contributed by atoms with Crippen LogP contribution in [0, 0.1) is 76.4 Å². The number of ketones is 1. The van der Waals surface area contributed by atoms with Crippen molar-refractivity contribution in [2.75, 3.05) is 12.4 Å². The van der Waals surface area contributed by atoms with Crippen LogP contribution in [0.5, 0.6) is 0 Å². The van der Waals surface area contributed by atoms with Gasteiger partial charge in [0.25, 0.3) is 0 Å². The molecule has 19 heteroatoms. The number of anilines is 1. The number of Topliss-reactive ketones (excluding diaryl/α,β-unsaturated/α-hetero) is 1. The Kier molecular flexibility index (Phi) is 81.3. The molecule has 0 aliphatic carbocycles. The Morgan fingerprint density at radius 2 is 0.706 bits per heavy atom. The molecule has 0 unspecified atom stereocenters. The number of hydrogen-bond acceptors (Lipinski definition) is 8. The standard InChI is InChI=1S/C11H15NO.C10H10Cl2O.C10H12Cl2.2C10H13Cl.C10H13NO.C10H14.C9H18O2.C9H12.C8H17NO.C7H16.C5H11NO.C5H10O2.C3H8/c1-9(2)11(13)12-8-10-6-4-3-5-7-10;1-6(2)10(13)7-3-4-8(11)9(12)5-7;1-7(2)5-8-3-4-9(11)10(12)6-8;1-8(2)7-9-3-5-10(11)6-4-9;1-8(2)6-9-4-3-5-10(11)7-9;1-8(2)10(12)11-9-6-4-3-5-7-9;1-9(2)8-10-6-4-3-5-7-10;1-7(2)6-8(10)11-9(3,4)5;1-8(2)9-6-4-3-5-7-9;1-6(2)7(10)9-8(3,4)5;1-6(2)7(3,4)5;1-4(2)5(7)6-3;1-4(2)3-5(6)7;1-3-2/h3-7,9H,8H2,1-2H3,(H,12,13);3-6H,1-2H3;3-4,6-7H,5H2,1-2H3;3-6,8H,7H2,1-2H3;3-5,7-8H,6H2,1-2H3;3-8H,1-2H3,(H,11,12);3-7,9H,8H2,1-2H3;7H,6H2,1-5H3;3-8H,1-2H3;6H,1-5H3,(H,9,10);6H,1-5H3;4H,1-3H3,(H,6,7);4H,3H2,1-2H3,(H,6,7);3H2,1-2H3. The molecule has 0 aliphatic heterocycles. The van der Waals surface area contributed by atoms with E-state index in [1.165, 1.54) is 40.7 Å². The van der Waals surface area contributed by atoms with Gasteiger partial charge >= 0.3 is 11.9 Å². The Bertz CT molecular complexity index is 4380. The first kappa shape index (κ1) is 139.